The number of benzene rings is 1. The van der Waals surface area contributed by atoms with Gasteiger partial charge in [0.1, 0.15) is 0 Å². The molecule has 1 aromatic carbocycles. The van der Waals surface area contributed by atoms with Crippen molar-refractivity contribution in [2.45, 2.75) is 20.8 Å². The van der Waals surface area contributed by atoms with Crippen molar-refractivity contribution < 1.29 is 14.3 Å². The van der Waals surface area contributed by atoms with E-state index in [9.17, 15) is 4.79 Å². The van der Waals surface area contributed by atoms with Gasteiger partial charge in [0.05, 0.1) is 14.2 Å². The zero-order valence-electron chi connectivity index (χ0n) is 12.9. The topological polar surface area (TPSA) is 38.8 Å². The fourth-order valence-electron chi connectivity index (χ4n) is 2.01. The van der Waals surface area contributed by atoms with Crippen molar-refractivity contribution in [3.05, 3.63) is 29.3 Å². The first-order valence-corrected chi connectivity index (χ1v) is 6.76. The number of ether oxygens (including phenoxy) is 2. The molecule has 1 amide bonds. The quantitative estimate of drug-likeness (QED) is 0.750. The number of methoxy groups -OCH3 is 2. The lowest BCUT2D eigenvalue weighted by molar-refractivity contribution is -0.126. The van der Waals surface area contributed by atoms with Crippen LogP contribution in [0.1, 0.15) is 26.3 Å². The number of rotatable bonds is 6. The third-order valence-corrected chi connectivity index (χ3v) is 3.18. The SMILES string of the molecule is CCN(CC)C(=O)/C(C)=C/c1ccc(OC)c(OC)c1. The smallest absolute Gasteiger partial charge is 0.249 e. The highest BCUT2D eigenvalue weighted by Gasteiger charge is 2.12. The van der Waals surface area contributed by atoms with E-state index < -0.39 is 0 Å². The van der Waals surface area contributed by atoms with Gasteiger partial charge in [-0.1, -0.05) is 6.07 Å². The lowest BCUT2D eigenvalue weighted by atomic mass is 10.1. The summed E-state index contributed by atoms with van der Waals surface area (Å²) in [6.07, 6.45) is 1.86. The highest BCUT2D eigenvalue weighted by Crippen LogP contribution is 2.28. The Hall–Kier alpha value is -1.97. The molecular weight excluding hydrogens is 254 g/mol. The zero-order valence-corrected chi connectivity index (χ0v) is 12.9. The minimum Gasteiger partial charge on any atom is -0.493 e. The molecule has 0 unspecified atom stereocenters. The number of likely N-dealkylation sites (N-methyl/N-ethyl adjacent to an activating group) is 1. The van der Waals surface area contributed by atoms with Gasteiger partial charge in [-0.3, -0.25) is 4.79 Å². The molecule has 0 spiro atoms. The number of hydrogen-bond acceptors (Lipinski definition) is 3. The molecule has 0 fully saturated rings. The van der Waals surface area contributed by atoms with Crippen molar-refractivity contribution in [1.82, 2.24) is 4.90 Å². The number of carbonyl (C=O) groups excluding carboxylic acids is 1. The van der Waals surface area contributed by atoms with Crippen LogP contribution in [0, 0.1) is 0 Å². The minimum atomic E-state index is 0.0600. The maximum absolute atomic E-state index is 12.2. The fraction of sp³-hybridized carbons (Fsp3) is 0.438. The van der Waals surface area contributed by atoms with Gasteiger partial charge < -0.3 is 14.4 Å². The second kappa shape index (κ2) is 7.58. The first-order valence-electron chi connectivity index (χ1n) is 6.76. The Morgan fingerprint density at radius 3 is 2.25 bits per heavy atom. The van der Waals surface area contributed by atoms with E-state index >= 15 is 0 Å². The summed E-state index contributed by atoms with van der Waals surface area (Å²) in [5.41, 5.74) is 1.63. The normalized spacial score (nSPS) is 11.2. The van der Waals surface area contributed by atoms with Crippen LogP contribution in [0.15, 0.2) is 23.8 Å². The summed E-state index contributed by atoms with van der Waals surface area (Å²) < 4.78 is 10.5. The summed E-state index contributed by atoms with van der Waals surface area (Å²) in [5.74, 6) is 1.39. The largest absolute Gasteiger partial charge is 0.493 e. The van der Waals surface area contributed by atoms with Crippen molar-refractivity contribution in [2.75, 3.05) is 27.3 Å². The van der Waals surface area contributed by atoms with E-state index in [4.69, 9.17) is 9.47 Å². The Morgan fingerprint density at radius 2 is 1.75 bits per heavy atom. The van der Waals surface area contributed by atoms with E-state index in [0.717, 1.165) is 5.56 Å². The molecule has 1 aromatic rings. The van der Waals surface area contributed by atoms with Gasteiger partial charge in [-0.15, -0.1) is 0 Å². The van der Waals surface area contributed by atoms with Crippen LogP contribution in [0.25, 0.3) is 6.08 Å². The molecule has 0 aliphatic heterocycles. The van der Waals surface area contributed by atoms with Gasteiger partial charge in [-0.25, -0.2) is 0 Å². The van der Waals surface area contributed by atoms with Crippen LogP contribution in [-0.2, 0) is 4.79 Å². The molecule has 0 N–H and O–H groups in total. The fourth-order valence-corrected chi connectivity index (χ4v) is 2.01. The summed E-state index contributed by atoms with van der Waals surface area (Å²) in [7, 11) is 3.20. The van der Waals surface area contributed by atoms with Gasteiger partial charge in [-0.05, 0) is 44.5 Å². The standard InChI is InChI=1S/C16H23NO3/c1-6-17(7-2)16(18)12(3)10-13-8-9-14(19-4)15(11-13)20-5/h8-11H,6-7H2,1-5H3/b12-10+. The summed E-state index contributed by atoms with van der Waals surface area (Å²) in [6, 6.07) is 5.60. The van der Waals surface area contributed by atoms with Crippen LogP contribution < -0.4 is 9.47 Å². The van der Waals surface area contributed by atoms with Crippen molar-refractivity contribution in [3.63, 3.8) is 0 Å². The molecule has 0 atom stereocenters. The van der Waals surface area contributed by atoms with E-state index in [1.165, 1.54) is 0 Å². The Bertz CT molecular complexity index is 490. The first-order chi connectivity index (χ1) is 9.57. The van der Waals surface area contributed by atoms with Crippen molar-refractivity contribution in [3.8, 4) is 11.5 Å². The molecule has 0 heterocycles. The second-order valence-electron chi connectivity index (χ2n) is 4.42. The zero-order chi connectivity index (χ0) is 15.1. The van der Waals surface area contributed by atoms with Crippen LogP contribution in [0.3, 0.4) is 0 Å². The van der Waals surface area contributed by atoms with E-state index in [2.05, 4.69) is 0 Å². The molecule has 20 heavy (non-hydrogen) atoms. The van der Waals surface area contributed by atoms with E-state index in [-0.39, 0.29) is 5.91 Å². The van der Waals surface area contributed by atoms with Gasteiger partial charge in [0.15, 0.2) is 11.5 Å². The molecule has 0 aromatic heterocycles. The van der Waals surface area contributed by atoms with Crippen LogP contribution in [-0.4, -0.2) is 38.1 Å². The Morgan fingerprint density at radius 1 is 1.15 bits per heavy atom. The maximum Gasteiger partial charge on any atom is 0.249 e. The number of carbonyl (C=O) groups is 1. The molecule has 0 saturated heterocycles. The number of hydrogen-bond donors (Lipinski definition) is 0. The predicted octanol–water partition coefficient (Wildman–Crippen LogP) is 2.98. The molecule has 1 rings (SSSR count). The van der Waals surface area contributed by atoms with Gasteiger partial charge in [0.2, 0.25) is 5.91 Å². The third-order valence-electron chi connectivity index (χ3n) is 3.18. The van der Waals surface area contributed by atoms with Gasteiger partial charge in [0, 0.05) is 18.7 Å². The van der Waals surface area contributed by atoms with Gasteiger partial charge in [-0.2, -0.15) is 0 Å². The maximum atomic E-state index is 12.2. The Balaban J connectivity index is 3.01. The van der Waals surface area contributed by atoms with E-state index in [0.29, 0.717) is 30.2 Å². The average Bonchev–Trinajstić information content (AvgIpc) is 2.48. The molecule has 4 nitrogen and oxygen atoms in total. The lowest BCUT2D eigenvalue weighted by Crippen LogP contribution is -2.30. The predicted molar refractivity (Wildman–Crippen MR) is 81.1 cm³/mol. The molecule has 0 saturated carbocycles. The highest BCUT2D eigenvalue weighted by molar-refractivity contribution is 5.97. The van der Waals surface area contributed by atoms with Crippen molar-refractivity contribution >= 4 is 12.0 Å². The summed E-state index contributed by atoms with van der Waals surface area (Å²) in [5, 5.41) is 0. The number of amides is 1. The first kappa shape index (κ1) is 16.1. The molecule has 0 bridgehead atoms. The Labute approximate surface area is 121 Å². The molecule has 0 radical (unpaired) electrons. The molecular formula is C16H23NO3. The minimum absolute atomic E-state index is 0.0600. The highest BCUT2D eigenvalue weighted by atomic mass is 16.5. The van der Waals surface area contributed by atoms with Crippen molar-refractivity contribution in [2.24, 2.45) is 0 Å². The summed E-state index contributed by atoms with van der Waals surface area (Å²) in [4.78, 5) is 14.0. The average molecular weight is 277 g/mol. The van der Waals surface area contributed by atoms with E-state index in [1.807, 2.05) is 45.0 Å². The molecule has 110 valence electrons. The van der Waals surface area contributed by atoms with Crippen LogP contribution >= 0.6 is 0 Å². The lowest BCUT2D eigenvalue weighted by Gasteiger charge is -2.18. The molecule has 4 heteroatoms. The molecule has 0 aliphatic rings. The Kier molecular flexibility index (Phi) is 6.10. The van der Waals surface area contributed by atoms with E-state index in [1.54, 1.807) is 19.1 Å². The van der Waals surface area contributed by atoms with Crippen LogP contribution in [0.2, 0.25) is 0 Å². The second-order valence-corrected chi connectivity index (χ2v) is 4.42. The van der Waals surface area contributed by atoms with Gasteiger partial charge >= 0.3 is 0 Å². The van der Waals surface area contributed by atoms with Crippen molar-refractivity contribution in [1.29, 1.82) is 0 Å². The monoisotopic (exact) mass is 277 g/mol. The van der Waals surface area contributed by atoms with Crippen LogP contribution in [0.5, 0.6) is 11.5 Å². The van der Waals surface area contributed by atoms with Crippen LogP contribution in [0.4, 0.5) is 0 Å². The third kappa shape index (κ3) is 3.76. The van der Waals surface area contributed by atoms with Gasteiger partial charge in [0.25, 0.3) is 0 Å². The summed E-state index contributed by atoms with van der Waals surface area (Å²) in [6.45, 7) is 7.21. The number of nitrogens with zero attached hydrogens (tertiary/aromatic N) is 1. The summed E-state index contributed by atoms with van der Waals surface area (Å²) >= 11 is 0. The molecule has 0 aliphatic carbocycles.